The Kier molecular flexibility index (Phi) is 4.68. The second-order valence-electron chi connectivity index (χ2n) is 5.46. The minimum absolute atomic E-state index is 0.143. The van der Waals surface area contributed by atoms with Gasteiger partial charge >= 0.3 is 11.4 Å². The molecule has 1 N–H and O–H groups in total. The fourth-order valence-corrected chi connectivity index (χ4v) is 2.56. The van der Waals surface area contributed by atoms with Gasteiger partial charge in [-0.05, 0) is 12.1 Å². The van der Waals surface area contributed by atoms with Gasteiger partial charge in [0, 0.05) is 18.5 Å². The second kappa shape index (κ2) is 7.11. The zero-order chi connectivity index (χ0) is 20.4. The first-order valence-corrected chi connectivity index (χ1v) is 7.68. The van der Waals surface area contributed by atoms with E-state index in [1.807, 2.05) is 0 Å². The number of rotatable bonds is 6. The standard InChI is InChI=1S/C16H11N5O7/c1-17-11-4-2-3-9-5-6-14(18-15(9)11)28-16-12(20(24)25)7-10(19(22)23)8-13(16)21(26)27/h2-8,17H,1H3. The topological polar surface area (TPSA) is 164 Å². The summed E-state index contributed by atoms with van der Waals surface area (Å²) in [6, 6.07) is 9.53. The van der Waals surface area contributed by atoms with Gasteiger partial charge in [-0.3, -0.25) is 30.3 Å². The van der Waals surface area contributed by atoms with E-state index in [0.29, 0.717) is 23.3 Å². The van der Waals surface area contributed by atoms with Gasteiger partial charge in [0.25, 0.3) is 11.4 Å². The fourth-order valence-electron chi connectivity index (χ4n) is 2.56. The molecule has 0 unspecified atom stereocenters. The molecule has 142 valence electrons. The third-order valence-electron chi connectivity index (χ3n) is 3.81. The van der Waals surface area contributed by atoms with E-state index >= 15 is 0 Å². The average molecular weight is 385 g/mol. The molecule has 0 bridgehead atoms. The quantitative estimate of drug-likeness (QED) is 0.491. The molecule has 0 atom stereocenters. The van der Waals surface area contributed by atoms with Crippen LogP contribution in [0.1, 0.15) is 0 Å². The SMILES string of the molecule is CNc1cccc2ccc(Oc3c([N+](=O)[O-])cc([N+](=O)[O-])cc3[N+](=O)[O-])nc12. The molecule has 2 aromatic carbocycles. The highest BCUT2D eigenvalue weighted by Crippen LogP contribution is 2.42. The second-order valence-corrected chi connectivity index (χ2v) is 5.46. The fraction of sp³-hybridized carbons (Fsp3) is 0.0625. The molecule has 0 amide bonds. The lowest BCUT2D eigenvalue weighted by Gasteiger charge is -2.09. The summed E-state index contributed by atoms with van der Waals surface area (Å²) in [7, 11) is 1.68. The van der Waals surface area contributed by atoms with Crippen LogP contribution < -0.4 is 10.1 Å². The van der Waals surface area contributed by atoms with Gasteiger partial charge < -0.3 is 10.1 Å². The molecule has 1 heterocycles. The van der Waals surface area contributed by atoms with Crippen LogP contribution in [0, 0.1) is 30.3 Å². The van der Waals surface area contributed by atoms with Crippen molar-refractivity contribution in [3.63, 3.8) is 0 Å². The number of nitrogens with one attached hydrogen (secondary N) is 1. The van der Waals surface area contributed by atoms with E-state index in [2.05, 4.69) is 10.3 Å². The first-order chi connectivity index (χ1) is 13.3. The Morgan fingerprint density at radius 2 is 1.57 bits per heavy atom. The van der Waals surface area contributed by atoms with E-state index in [1.165, 1.54) is 6.07 Å². The van der Waals surface area contributed by atoms with Crippen LogP contribution in [0.4, 0.5) is 22.7 Å². The Labute approximate surface area is 155 Å². The molecular weight excluding hydrogens is 374 g/mol. The number of pyridine rings is 1. The van der Waals surface area contributed by atoms with Crippen molar-refractivity contribution >= 4 is 33.7 Å². The summed E-state index contributed by atoms with van der Waals surface area (Å²) in [4.78, 5) is 34.9. The van der Waals surface area contributed by atoms with Crippen molar-refractivity contribution in [3.8, 4) is 11.6 Å². The molecule has 0 spiro atoms. The number of nitro groups is 3. The van der Waals surface area contributed by atoms with Crippen LogP contribution >= 0.6 is 0 Å². The highest BCUT2D eigenvalue weighted by Gasteiger charge is 2.33. The lowest BCUT2D eigenvalue weighted by atomic mass is 10.2. The summed E-state index contributed by atoms with van der Waals surface area (Å²) in [5, 5.41) is 37.3. The van der Waals surface area contributed by atoms with Crippen LogP contribution in [-0.4, -0.2) is 26.8 Å². The minimum Gasteiger partial charge on any atom is -0.425 e. The molecule has 0 saturated carbocycles. The van der Waals surface area contributed by atoms with E-state index in [0.717, 1.165) is 5.39 Å². The minimum atomic E-state index is -0.991. The van der Waals surface area contributed by atoms with Gasteiger partial charge in [0.05, 0.1) is 38.1 Å². The predicted octanol–water partition coefficient (Wildman–Crippen LogP) is 3.79. The summed E-state index contributed by atoms with van der Waals surface area (Å²) in [5.41, 5.74) is -1.49. The van der Waals surface area contributed by atoms with Crippen molar-refractivity contribution in [3.05, 3.63) is 72.8 Å². The van der Waals surface area contributed by atoms with Crippen LogP contribution in [0.15, 0.2) is 42.5 Å². The van der Waals surface area contributed by atoms with Crippen molar-refractivity contribution in [2.45, 2.75) is 0 Å². The van der Waals surface area contributed by atoms with Gasteiger partial charge in [0.1, 0.15) is 0 Å². The molecule has 12 nitrogen and oxygen atoms in total. The number of para-hydroxylation sites is 1. The van der Waals surface area contributed by atoms with E-state index in [-0.39, 0.29) is 5.88 Å². The first-order valence-electron chi connectivity index (χ1n) is 7.68. The zero-order valence-electron chi connectivity index (χ0n) is 14.2. The average Bonchev–Trinajstić information content (AvgIpc) is 2.66. The summed E-state index contributed by atoms with van der Waals surface area (Å²) in [6.45, 7) is 0. The highest BCUT2D eigenvalue weighted by atomic mass is 16.6. The lowest BCUT2D eigenvalue weighted by molar-refractivity contribution is -0.404. The summed E-state index contributed by atoms with van der Waals surface area (Å²) in [5.74, 6) is -0.885. The number of non-ortho nitro benzene ring substituents is 1. The Morgan fingerprint density at radius 3 is 2.11 bits per heavy atom. The van der Waals surface area contributed by atoms with E-state index in [1.54, 1.807) is 31.3 Å². The number of fused-ring (bicyclic) bond motifs is 1. The van der Waals surface area contributed by atoms with Gasteiger partial charge in [-0.1, -0.05) is 12.1 Å². The largest absolute Gasteiger partial charge is 0.425 e. The number of anilines is 1. The van der Waals surface area contributed by atoms with E-state index < -0.39 is 37.6 Å². The molecule has 0 aliphatic carbocycles. The van der Waals surface area contributed by atoms with Crippen LogP contribution in [0.2, 0.25) is 0 Å². The zero-order valence-corrected chi connectivity index (χ0v) is 14.2. The Balaban J connectivity index is 2.18. The Hall–Kier alpha value is -4.35. The van der Waals surface area contributed by atoms with Crippen molar-refractivity contribution < 1.29 is 19.5 Å². The Bertz CT molecular complexity index is 1100. The number of aromatic nitrogens is 1. The first kappa shape index (κ1) is 18.4. The molecule has 12 heteroatoms. The molecule has 0 fully saturated rings. The number of hydrogen-bond donors (Lipinski definition) is 1. The van der Waals surface area contributed by atoms with Crippen LogP contribution in [0.25, 0.3) is 10.9 Å². The highest BCUT2D eigenvalue weighted by molar-refractivity contribution is 5.90. The lowest BCUT2D eigenvalue weighted by Crippen LogP contribution is -2.02. The van der Waals surface area contributed by atoms with Crippen LogP contribution in [0.3, 0.4) is 0 Å². The molecule has 0 radical (unpaired) electrons. The third-order valence-corrected chi connectivity index (χ3v) is 3.81. The molecule has 1 aromatic heterocycles. The van der Waals surface area contributed by atoms with E-state index in [9.17, 15) is 30.3 Å². The molecule has 0 saturated heterocycles. The molecule has 0 aliphatic rings. The number of nitrogens with zero attached hydrogens (tertiary/aromatic N) is 4. The van der Waals surface area contributed by atoms with Gasteiger partial charge in [-0.2, -0.15) is 0 Å². The van der Waals surface area contributed by atoms with Crippen molar-refractivity contribution in [1.29, 1.82) is 0 Å². The molecule has 3 aromatic rings. The van der Waals surface area contributed by atoms with Gasteiger partial charge in [0.2, 0.25) is 5.88 Å². The van der Waals surface area contributed by atoms with Crippen LogP contribution in [0.5, 0.6) is 11.6 Å². The number of benzene rings is 2. The smallest absolute Gasteiger partial charge is 0.325 e. The summed E-state index contributed by atoms with van der Waals surface area (Å²) in [6.07, 6.45) is 0. The summed E-state index contributed by atoms with van der Waals surface area (Å²) >= 11 is 0. The Morgan fingerprint density at radius 1 is 0.929 bits per heavy atom. The van der Waals surface area contributed by atoms with Gasteiger partial charge in [0.15, 0.2) is 0 Å². The molecule has 3 rings (SSSR count). The normalized spacial score (nSPS) is 10.5. The van der Waals surface area contributed by atoms with Crippen molar-refractivity contribution in [1.82, 2.24) is 4.98 Å². The van der Waals surface area contributed by atoms with Gasteiger partial charge in [-0.15, -0.1) is 0 Å². The van der Waals surface area contributed by atoms with Crippen molar-refractivity contribution in [2.75, 3.05) is 12.4 Å². The monoisotopic (exact) mass is 385 g/mol. The van der Waals surface area contributed by atoms with E-state index in [4.69, 9.17) is 4.74 Å². The maximum atomic E-state index is 11.3. The number of hydrogen-bond acceptors (Lipinski definition) is 9. The van der Waals surface area contributed by atoms with Crippen LogP contribution in [-0.2, 0) is 0 Å². The predicted molar refractivity (Wildman–Crippen MR) is 97.8 cm³/mol. The van der Waals surface area contributed by atoms with Crippen molar-refractivity contribution in [2.24, 2.45) is 0 Å². The number of nitro benzene ring substituents is 3. The maximum absolute atomic E-state index is 11.3. The maximum Gasteiger partial charge on any atom is 0.325 e. The van der Waals surface area contributed by atoms with Gasteiger partial charge in [-0.25, -0.2) is 4.98 Å². The number of ether oxygens (including phenoxy) is 1. The molecular formula is C16H11N5O7. The third kappa shape index (κ3) is 3.33. The molecule has 0 aliphatic heterocycles. The molecule has 28 heavy (non-hydrogen) atoms. The summed E-state index contributed by atoms with van der Waals surface area (Å²) < 4.78 is 5.36.